The summed E-state index contributed by atoms with van der Waals surface area (Å²) in [7, 11) is -4.67. The number of rotatable bonds is 6. The van der Waals surface area contributed by atoms with Crippen LogP contribution in [0.2, 0.25) is 0 Å². The highest BCUT2D eigenvalue weighted by Crippen LogP contribution is 2.56. The molecule has 14 heteroatoms. The highest BCUT2D eigenvalue weighted by atomic mass is 32.2. The van der Waals surface area contributed by atoms with Gasteiger partial charge >= 0.3 is 10.3 Å². The van der Waals surface area contributed by atoms with Crippen LogP contribution in [0.3, 0.4) is 0 Å². The zero-order valence-corrected chi connectivity index (χ0v) is 17.5. The molecule has 0 aliphatic carbocycles. The highest BCUT2D eigenvalue weighted by Gasteiger charge is 2.63. The van der Waals surface area contributed by atoms with E-state index in [1.807, 2.05) is 18.6 Å². The summed E-state index contributed by atoms with van der Waals surface area (Å²) in [6.07, 6.45) is 0. The van der Waals surface area contributed by atoms with Gasteiger partial charge in [0.2, 0.25) is 11.8 Å². The maximum absolute atomic E-state index is 12.9. The molecule has 12 nitrogen and oxygen atoms in total. The van der Waals surface area contributed by atoms with Crippen LogP contribution < -0.4 is 10.0 Å². The largest absolute Gasteiger partial charge is 0.340 e. The van der Waals surface area contributed by atoms with Gasteiger partial charge in [-0.25, -0.2) is 0 Å². The van der Waals surface area contributed by atoms with E-state index in [0.29, 0.717) is 11.4 Å². The molecule has 1 aromatic heterocycles. The van der Waals surface area contributed by atoms with Crippen LogP contribution >= 0.6 is 11.8 Å². The topological polar surface area (TPSA) is 170 Å². The number of amides is 2. The molecular formula is C16H19N7O5S2. The molecule has 0 bridgehead atoms. The van der Waals surface area contributed by atoms with Gasteiger partial charge in [-0.3, -0.25) is 14.1 Å². The molecule has 2 aliphatic heterocycles. The van der Waals surface area contributed by atoms with Crippen LogP contribution in [0.15, 0.2) is 30.3 Å². The first-order chi connectivity index (χ1) is 14.1. The number of β-lactam (4-membered cyclic amide) rings is 1. The van der Waals surface area contributed by atoms with Crippen molar-refractivity contribution in [1.29, 1.82) is 0 Å². The summed E-state index contributed by atoms with van der Waals surface area (Å²) in [5, 5.41) is 16.2. The van der Waals surface area contributed by atoms with Crippen LogP contribution in [0.25, 0.3) is 0 Å². The molecule has 4 rings (SSSR count). The van der Waals surface area contributed by atoms with Crippen LogP contribution in [-0.4, -0.2) is 66.5 Å². The van der Waals surface area contributed by atoms with Crippen molar-refractivity contribution >= 4 is 33.9 Å². The minimum absolute atomic E-state index is 0.320. The van der Waals surface area contributed by atoms with Crippen molar-refractivity contribution in [3.8, 4) is 0 Å². The van der Waals surface area contributed by atoms with E-state index < -0.39 is 39.1 Å². The van der Waals surface area contributed by atoms with Crippen LogP contribution in [0, 0.1) is 0 Å². The molecule has 0 radical (unpaired) electrons. The molecule has 160 valence electrons. The Morgan fingerprint density at radius 3 is 2.63 bits per heavy atom. The summed E-state index contributed by atoms with van der Waals surface area (Å²) < 4.78 is 33.4. The van der Waals surface area contributed by atoms with E-state index in [1.165, 1.54) is 23.9 Å². The second-order valence-corrected chi connectivity index (χ2v) is 10.4. The lowest BCUT2D eigenvalue weighted by molar-refractivity contribution is -0.152. The second kappa shape index (κ2) is 7.30. The Hall–Kier alpha value is -2.55. The van der Waals surface area contributed by atoms with Crippen molar-refractivity contribution in [3.05, 3.63) is 41.7 Å². The average Bonchev–Trinajstić information content (AvgIpc) is 3.28. The Bertz CT molecular complexity index is 1060. The Kier molecular flexibility index (Phi) is 5.04. The van der Waals surface area contributed by atoms with Gasteiger partial charge < -0.3 is 10.2 Å². The van der Waals surface area contributed by atoms with E-state index in [0.717, 1.165) is 0 Å². The molecule has 3 heterocycles. The summed E-state index contributed by atoms with van der Waals surface area (Å²) >= 11 is 1.48. The molecule has 0 spiro atoms. The Labute approximate surface area is 176 Å². The molecule has 2 amide bonds. The number of aromatic amines is 1. The number of benzene rings is 1. The van der Waals surface area contributed by atoms with Gasteiger partial charge in [0.1, 0.15) is 23.5 Å². The summed E-state index contributed by atoms with van der Waals surface area (Å²) in [4.78, 5) is 27.3. The van der Waals surface area contributed by atoms with Crippen molar-refractivity contribution in [3.63, 3.8) is 0 Å². The number of carbonyl (C=O) groups is 2. The minimum atomic E-state index is -4.67. The number of nitrogens with zero attached hydrogens (tertiary/aromatic N) is 4. The number of carbonyl (C=O) groups excluding carboxylic acids is 2. The molecule has 2 aromatic rings. The third kappa shape index (κ3) is 3.66. The molecular weight excluding hydrogens is 434 g/mol. The Morgan fingerprint density at radius 1 is 1.33 bits per heavy atom. The molecule has 2 fully saturated rings. The molecule has 30 heavy (non-hydrogen) atoms. The number of hydrogen-bond donors (Lipinski definition) is 4. The van der Waals surface area contributed by atoms with E-state index in [2.05, 4.69) is 25.9 Å². The SMILES string of the molecule is CC1(C)S[C@@H]2C(NC(=O)[C@H](NS(=O)(=O)O)c3ccccc3)C(=O)N2C1c1nn[nH]n1. The van der Waals surface area contributed by atoms with Gasteiger partial charge in [0.15, 0.2) is 5.82 Å². The number of tetrazole rings is 1. The van der Waals surface area contributed by atoms with E-state index in [-0.39, 0.29) is 11.3 Å². The average molecular weight is 454 g/mol. The molecule has 4 N–H and O–H groups in total. The molecule has 2 aliphatic rings. The lowest BCUT2D eigenvalue weighted by Crippen LogP contribution is -2.68. The molecule has 0 saturated carbocycles. The van der Waals surface area contributed by atoms with Crippen molar-refractivity contribution in [2.45, 2.75) is 42.1 Å². The third-order valence-corrected chi connectivity index (χ3v) is 7.11. The van der Waals surface area contributed by atoms with Gasteiger partial charge in [-0.05, 0) is 19.4 Å². The van der Waals surface area contributed by atoms with E-state index in [9.17, 15) is 22.6 Å². The number of thioether (sulfide) groups is 1. The number of hydrogen-bond acceptors (Lipinski definition) is 8. The standard InChI is InChI=1S/C16H19N7O5S2/c1-16(2)11(12-18-21-22-19-12)23-14(25)10(15(23)29-16)17-13(24)9(20-30(26,27)28)8-6-4-3-5-7-8/h3-7,9-11,15,20H,1-2H3,(H,17,24)(H,26,27,28)(H,18,19,21,22)/t9-,10?,11?,15-/m1/s1. The van der Waals surface area contributed by atoms with Crippen LogP contribution in [-0.2, 0) is 19.9 Å². The molecule has 2 unspecified atom stereocenters. The second-order valence-electron chi connectivity index (χ2n) is 7.45. The predicted molar refractivity (Wildman–Crippen MR) is 105 cm³/mol. The quantitative estimate of drug-likeness (QED) is 0.334. The number of nitrogens with one attached hydrogen (secondary N) is 3. The first kappa shape index (κ1) is 20.7. The van der Waals surface area contributed by atoms with Gasteiger partial charge in [-0.2, -0.15) is 18.4 Å². The maximum Gasteiger partial charge on any atom is 0.334 e. The summed E-state index contributed by atoms with van der Waals surface area (Å²) in [5.74, 6) is -0.707. The summed E-state index contributed by atoms with van der Waals surface area (Å²) in [6, 6.07) is 5.37. The number of aromatic nitrogens is 4. The maximum atomic E-state index is 12.9. The normalized spacial score (nSPS) is 26.0. The van der Waals surface area contributed by atoms with E-state index in [1.54, 1.807) is 23.1 Å². The Balaban J connectivity index is 1.54. The van der Waals surface area contributed by atoms with Crippen LogP contribution in [0.4, 0.5) is 0 Å². The number of H-pyrrole nitrogens is 1. The van der Waals surface area contributed by atoms with Crippen molar-refractivity contribution in [2.24, 2.45) is 0 Å². The predicted octanol–water partition coefficient (Wildman–Crippen LogP) is -0.447. The van der Waals surface area contributed by atoms with Gasteiger partial charge in [0, 0.05) is 4.75 Å². The zero-order chi connectivity index (χ0) is 21.7. The van der Waals surface area contributed by atoms with Gasteiger partial charge in [0.05, 0.1) is 0 Å². The van der Waals surface area contributed by atoms with E-state index >= 15 is 0 Å². The first-order valence-corrected chi connectivity index (χ1v) is 11.2. The lowest BCUT2D eigenvalue weighted by atomic mass is 9.95. The fourth-order valence-electron chi connectivity index (χ4n) is 3.75. The molecule has 1 aromatic carbocycles. The third-order valence-electron chi connectivity index (χ3n) is 5.01. The summed E-state index contributed by atoms with van der Waals surface area (Å²) in [5.41, 5.74) is 0.320. The fourth-order valence-corrected chi connectivity index (χ4v) is 5.92. The Morgan fingerprint density at radius 2 is 2.03 bits per heavy atom. The zero-order valence-electron chi connectivity index (χ0n) is 15.9. The molecule has 4 atom stereocenters. The van der Waals surface area contributed by atoms with Gasteiger partial charge in [0.25, 0.3) is 0 Å². The van der Waals surface area contributed by atoms with Crippen LogP contribution in [0.1, 0.15) is 37.3 Å². The van der Waals surface area contributed by atoms with Crippen molar-refractivity contribution in [1.82, 2.24) is 35.6 Å². The van der Waals surface area contributed by atoms with E-state index in [4.69, 9.17) is 0 Å². The minimum Gasteiger partial charge on any atom is -0.340 e. The fraction of sp³-hybridized carbons (Fsp3) is 0.438. The van der Waals surface area contributed by atoms with Gasteiger partial charge in [-0.1, -0.05) is 35.5 Å². The first-order valence-electron chi connectivity index (χ1n) is 8.92. The van der Waals surface area contributed by atoms with Gasteiger partial charge in [-0.15, -0.1) is 22.0 Å². The lowest BCUT2D eigenvalue weighted by Gasteiger charge is -2.44. The summed E-state index contributed by atoms with van der Waals surface area (Å²) in [6.45, 7) is 3.88. The van der Waals surface area contributed by atoms with Crippen molar-refractivity contribution < 1.29 is 22.6 Å². The van der Waals surface area contributed by atoms with Crippen molar-refractivity contribution in [2.75, 3.05) is 0 Å². The smallest absolute Gasteiger partial charge is 0.334 e. The van der Waals surface area contributed by atoms with Crippen LogP contribution in [0.5, 0.6) is 0 Å². The molecule has 2 saturated heterocycles. The monoisotopic (exact) mass is 453 g/mol. The highest BCUT2D eigenvalue weighted by molar-refractivity contribution is 8.01. The number of fused-ring (bicyclic) bond motifs is 1.